The topological polar surface area (TPSA) is 9.23 Å². The first-order valence-electron chi connectivity index (χ1n) is 9.70. The van der Waals surface area contributed by atoms with Crippen molar-refractivity contribution in [3.8, 4) is 0 Å². The van der Waals surface area contributed by atoms with E-state index in [0.29, 0.717) is 16.9 Å². The van der Waals surface area contributed by atoms with Gasteiger partial charge in [0.2, 0.25) is 0 Å². The second-order valence-corrected chi connectivity index (χ2v) is 9.39. The maximum absolute atomic E-state index is 5.71. The summed E-state index contributed by atoms with van der Waals surface area (Å²) in [5.41, 5.74) is 2.66. The summed E-state index contributed by atoms with van der Waals surface area (Å²) in [6, 6.07) is 0. The highest BCUT2D eigenvalue weighted by Crippen LogP contribution is 2.67. The largest absolute Gasteiger partial charge is 0.381 e. The van der Waals surface area contributed by atoms with Crippen molar-refractivity contribution in [2.45, 2.75) is 77.7 Å². The molecule has 4 fully saturated rings. The summed E-state index contributed by atoms with van der Waals surface area (Å²) in [6.07, 6.45) is 13.1. The fourth-order valence-corrected chi connectivity index (χ4v) is 7.34. The fraction of sp³-hybridized carbons (Fsp3) is 0.905. The van der Waals surface area contributed by atoms with Crippen molar-refractivity contribution in [1.82, 2.24) is 0 Å². The molecule has 0 heterocycles. The summed E-state index contributed by atoms with van der Waals surface area (Å²) in [4.78, 5) is 0. The first-order chi connectivity index (χ1) is 10.5. The molecule has 1 heteroatoms. The number of hydrogen-bond donors (Lipinski definition) is 0. The molecule has 1 nitrogen and oxygen atoms in total. The standard InChI is InChI=1S/C21H34O/c1-14-5-8-18-17-7-6-15-13-16(22-4)9-11-21(15,3)19(17)10-12-20(14,18)2/h15-19H,1,5-13H2,2-4H3/t15-,16-,17-,18-,19-,20+,21-/m0/s1. The molecule has 0 amide bonds. The highest BCUT2D eigenvalue weighted by atomic mass is 16.5. The van der Waals surface area contributed by atoms with Gasteiger partial charge in [-0.3, -0.25) is 0 Å². The molecule has 0 spiro atoms. The zero-order chi connectivity index (χ0) is 15.5. The van der Waals surface area contributed by atoms with Crippen LogP contribution in [0.2, 0.25) is 0 Å². The highest BCUT2D eigenvalue weighted by Gasteiger charge is 2.58. The summed E-state index contributed by atoms with van der Waals surface area (Å²) in [5, 5.41) is 0. The van der Waals surface area contributed by atoms with Gasteiger partial charge in [-0.2, -0.15) is 0 Å². The number of methoxy groups -OCH3 is 1. The number of ether oxygens (including phenoxy) is 1. The Labute approximate surface area is 136 Å². The van der Waals surface area contributed by atoms with Crippen LogP contribution in [0.25, 0.3) is 0 Å². The SMILES string of the molecule is C=C1CC[C@H]2[C@@H]3CC[C@H]4C[C@@H](OC)CC[C@]4(C)[C@H]3CC[C@]12C. The van der Waals surface area contributed by atoms with E-state index in [0.717, 1.165) is 23.7 Å². The first-order valence-corrected chi connectivity index (χ1v) is 9.70. The van der Waals surface area contributed by atoms with E-state index in [9.17, 15) is 0 Å². The molecule has 4 rings (SSSR count). The van der Waals surface area contributed by atoms with Gasteiger partial charge in [0.25, 0.3) is 0 Å². The zero-order valence-electron chi connectivity index (χ0n) is 14.9. The maximum Gasteiger partial charge on any atom is 0.0574 e. The molecule has 7 atom stereocenters. The van der Waals surface area contributed by atoms with E-state index in [1.165, 1.54) is 57.8 Å². The van der Waals surface area contributed by atoms with E-state index < -0.39 is 0 Å². The molecular formula is C21H34O. The van der Waals surface area contributed by atoms with E-state index >= 15 is 0 Å². The number of rotatable bonds is 1. The molecule has 0 N–H and O–H groups in total. The van der Waals surface area contributed by atoms with Gasteiger partial charge in [0.1, 0.15) is 0 Å². The van der Waals surface area contributed by atoms with Gasteiger partial charge in [-0.05, 0) is 92.3 Å². The minimum Gasteiger partial charge on any atom is -0.381 e. The third kappa shape index (κ3) is 1.93. The molecule has 0 aromatic heterocycles. The molecule has 124 valence electrons. The van der Waals surface area contributed by atoms with Gasteiger partial charge in [0, 0.05) is 7.11 Å². The molecular weight excluding hydrogens is 268 g/mol. The van der Waals surface area contributed by atoms with Gasteiger partial charge in [0.15, 0.2) is 0 Å². The summed E-state index contributed by atoms with van der Waals surface area (Å²) in [6.45, 7) is 9.64. The van der Waals surface area contributed by atoms with Crippen LogP contribution in [-0.4, -0.2) is 13.2 Å². The van der Waals surface area contributed by atoms with Crippen LogP contribution in [-0.2, 0) is 4.74 Å². The second-order valence-electron chi connectivity index (χ2n) is 9.39. The first kappa shape index (κ1) is 15.2. The summed E-state index contributed by atoms with van der Waals surface area (Å²) in [7, 11) is 1.91. The van der Waals surface area contributed by atoms with Crippen molar-refractivity contribution < 1.29 is 4.74 Å². The molecule has 4 aliphatic carbocycles. The van der Waals surface area contributed by atoms with Gasteiger partial charge in [-0.25, -0.2) is 0 Å². The van der Waals surface area contributed by atoms with Crippen LogP contribution in [0.1, 0.15) is 71.6 Å². The lowest BCUT2D eigenvalue weighted by Gasteiger charge is -2.60. The Hall–Kier alpha value is -0.300. The van der Waals surface area contributed by atoms with Gasteiger partial charge in [-0.1, -0.05) is 26.0 Å². The Morgan fingerprint density at radius 2 is 1.82 bits per heavy atom. The monoisotopic (exact) mass is 302 g/mol. The third-order valence-electron chi connectivity index (χ3n) is 8.91. The quantitative estimate of drug-likeness (QED) is 0.573. The molecule has 0 radical (unpaired) electrons. The van der Waals surface area contributed by atoms with Gasteiger partial charge in [-0.15, -0.1) is 0 Å². The molecule has 4 aliphatic rings. The average molecular weight is 303 g/mol. The van der Waals surface area contributed by atoms with E-state index in [4.69, 9.17) is 4.74 Å². The Balaban J connectivity index is 1.60. The van der Waals surface area contributed by atoms with Gasteiger partial charge in [0.05, 0.1) is 6.10 Å². The van der Waals surface area contributed by atoms with Crippen LogP contribution in [0.4, 0.5) is 0 Å². The summed E-state index contributed by atoms with van der Waals surface area (Å²) >= 11 is 0. The second kappa shape index (κ2) is 5.10. The molecule has 22 heavy (non-hydrogen) atoms. The third-order valence-corrected chi connectivity index (χ3v) is 8.91. The Kier molecular flexibility index (Phi) is 3.53. The van der Waals surface area contributed by atoms with Crippen molar-refractivity contribution in [3.63, 3.8) is 0 Å². The molecule has 0 aliphatic heterocycles. The van der Waals surface area contributed by atoms with E-state index in [2.05, 4.69) is 20.4 Å². The number of hydrogen-bond acceptors (Lipinski definition) is 1. The van der Waals surface area contributed by atoms with Crippen LogP contribution in [0.15, 0.2) is 12.2 Å². The Morgan fingerprint density at radius 1 is 1.00 bits per heavy atom. The van der Waals surface area contributed by atoms with Crippen LogP contribution in [0.5, 0.6) is 0 Å². The van der Waals surface area contributed by atoms with Crippen LogP contribution < -0.4 is 0 Å². The van der Waals surface area contributed by atoms with Crippen molar-refractivity contribution in [2.75, 3.05) is 7.11 Å². The number of allylic oxidation sites excluding steroid dienone is 1. The summed E-state index contributed by atoms with van der Waals surface area (Å²) < 4.78 is 5.71. The van der Waals surface area contributed by atoms with Crippen LogP contribution in [0.3, 0.4) is 0 Å². The van der Waals surface area contributed by atoms with Crippen molar-refractivity contribution in [3.05, 3.63) is 12.2 Å². The Morgan fingerprint density at radius 3 is 2.59 bits per heavy atom. The predicted molar refractivity (Wildman–Crippen MR) is 91.7 cm³/mol. The lowest BCUT2D eigenvalue weighted by Crippen LogP contribution is -2.53. The molecule has 0 aromatic rings. The van der Waals surface area contributed by atoms with E-state index in [-0.39, 0.29) is 0 Å². The minimum atomic E-state index is 0.480. The van der Waals surface area contributed by atoms with E-state index in [1.54, 1.807) is 5.57 Å². The molecule has 0 aromatic carbocycles. The maximum atomic E-state index is 5.71. The lowest BCUT2D eigenvalue weighted by molar-refractivity contribution is -0.121. The molecule has 0 bridgehead atoms. The lowest BCUT2D eigenvalue weighted by atomic mass is 9.45. The predicted octanol–water partition coefficient (Wildman–Crippen LogP) is 5.60. The average Bonchev–Trinajstić information content (AvgIpc) is 2.82. The van der Waals surface area contributed by atoms with Gasteiger partial charge >= 0.3 is 0 Å². The molecule has 4 saturated carbocycles. The highest BCUT2D eigenvalue weighted by molar-refractivity contribution is 5.21. The van der Waals surface area contributed by atoms with Crippen molar-refractivity contribution in [1.29, 1.82) is 0 Å². The summed E-state index contributed by atoms with van der Waals surface area (Å²) in [5.74, 6) is 3.82. The van der Waals surface area contributed by atoms with E-state index in [1.807, 2.05) is 7.11 Å². The van der Waals surface area contributed by atoms with Crippen LogP contribution in [0, 0.1) is 34.5 Å². The zero-order valence-corrected chi connectivity index (χ0v) is 14.9. The molecule has 0 saturated heterocycles. The van der Waals surface area contributed by atoms with Crippen molar-refractivity contribution in [2.24, 2.45) is 34.5 Å². The minimum absolute atomic E-state index is 0.480. The van der Waals surface area contributed by atoms with Crippen molar-refractivity contribution >= 4 is 0 Å². The van der Waals surface area contributed by atoms with Gasteiger partial charge < -0.3 is 4.74 Å². The number of fused-ring (bicyclic) bond motifs is 5. The normalized spacial score (nSPS) is 54.5. The fourth-order valence-electron chi connectivity index (χ4n) is 7.34. The molecule has 0 unspecified atom stereocenters. The smallest absolute Gasteiger partial charge is 0.0574 e. The Bertz CT molecular complexity index is 469. The van der Waals surface area contributed by atoms with Crippen LogP contribution >= 0.6 is 0 Å².